The summed E-state index contributed by atoms with van der Waals surface area (Å²) in [6.45, 7) is 0. The van der Waals surface area contributed by atoms with Gasteiger partial charge in [0.2, 0.25) is 0 Å². The van der Waals surface area contributed by atoms with E-state index in [0.29, 0.717) is 5.75 Å². The molecule has 0 saturated heterocycles. The number of nitrogens with two attached hydrogens (primary N) is 1. The number of ether oxygens (including phenoxy) is 1. The Labute approximate surface area is 92.5 Å². The second kappa shape index (κ2) is 3.10. The maximum Gasteiger partial charge on any atom is 0.409 e. The lowest BCUT2D eigenvalue weighted by molar-refractivity contribution is 0.211. The van der Waals surface area contributed by atoms with Gasteiger partial charge < -0.3 is 10.5 Å². The largest absolute Gasteiger partial charge is 0.410 e. The lowest BCUT2D eigenvalue weighted by atomic mass is 9.80. The van der Waals surface area contributed by atoms with E-state index in [2.05, 4.69) is 0 Å². The molecule has 0 aromatic heterocycles. The molecule has 1 aliphatic rings. The normalized spacial score (nSPS) is 11.0. The van der Waals surface area contributed by atoms with Crippen molar-refractivity contribution < 1.29 is 9.53 Å². The van der Waals surface area contributed by atoms with Gasteiger partial charge in [0.25, 0.3) is 0 Å². The van der Waals surface area contributed by atoms with Crippen LogP contribution in [0.25, 0.3) is 22.3 Å². The van der Waals surface area contributed by atoms with E-state index in [4.69, 9.17) is 10.5 Å². The lowest BCUT2D eigenvalue weighted by Crippen LogP contribution is -2.17. The molecule has 1 amide bonds. The van der Waals surface area contributed by atoms with Crippen LogP contribution in [0.15, 0.2) is 42.5 Å². The minimum atomic E-state index is -0.780. The number of hydrogen-bond donors (Lipinski definition) is 1. The predicted molar refractivity (Wildman–Crippen MR) is 61.1 cm³/mol. The Bertz CT molecular complexity index is 590. The summed E-state index contributed by atoms with van der Waals surface area (Å²) in [7, 11) is 0. The number of carbonyl (C=O) groups is 1. The van der Waals surface area contributed by atoms with Crippen LogP contribution in [0.2, 0.25) is 0 Å². The highest BCUT2D eigenvalue weighted by atomic mass is 16.5. The number of primary amides is 1. The molecule has 16 heavy (non-hydrogen) atoms. The summed E-state index contributed by atoms with van der Waals surface area (Å²) < 4.78 is 4.97. The SMILES string of the molecule is NC(=O)Oc1cccc2c1-c1ccccc1-2. The van der Waals surface area contributed by atoms with Crippen LogP contribution in [0.5, 0.6) is 5.75 Å². The Hall–Kier alpha value is -2.29. The topological polar surface area (TPSA) is 52.3 Å². The number of carbonyl (C=O) groups excluding carboxylic acids is 1. The molecule has 0 fully saturated rings. The zero-order valence-corrected chi connectivity index (χ0v) is 8.44. The van der Waals surface area contributed by atoms with E-state index in [1.165, 1.54) is 5.56 Å². The van der Waals surface area contributed by atoms with E-state index in [1.54, 1.807) is 6.07 Å². The van der Waals surface area contributed by atoms with Crippen LogP contribution in [-0.4, -0.2) is 6.09 Å². The quantitative estimate of drug-likeness (QED) is 0.672. The molecule has 3 rings (SSSR count). The molecule has 78 valence electrons. The van der Waals surface area contributed by atoms with Crippen molar-refractivity contribution in [3.63, 3.8) is 0 Å². The van der Waals surface area contributed by atoms with Crippen LogP contribution >= 0.6 is 0 Å². The van der Waals surface area contributed by atoms with Gasteiger partial charge in [-0.25, -0.2) is 4.79 Å². The van der Waals surface area contributed by atoms with Crippen molar-refractivity contribution >= 4 is 6.09 Å². The third-order valence-corrected chi connectivity index (χ3v) is 2.72. The highest BCUT2D eigenvalue weighted by Gasteiger charge is 2.25. The first kappa shape index (κ1) is 8.97. The second-order valence-corrected chi connectivity index (χ2v) is 3.65. The smallest absolute Gasteiger partial charge is 0.409 e. The van der Waals surface area contributed by atoms with Crippen molar-refractivity contribution in [2.24, 2.45) is 5.73 Å². The molecule has 2 aromatic carbocycles. The van der Waals surface area contributed by atoms with Gasteiger partial charge in [-0.2, -0.15) is 0 Å². The second-order valence-electron chi connectivity index (χ2n) is 3.65. The summed E-state index contributed by atoms with van der Waals surface area (Å²) in [4.78, 5) is 10.8. The average Bonchev–Trinajstić information content (AvgIpc) is 2.24. The van der Waals surface area contributed by atoms with E-state index >= 15 is 0 Å². The molecule has 0 heterocycles. The van der Waals surface area contributed by atoms with E-state index in [0.717, 1.165) is 16.7 Å². The van der Waals surface area contributed by atoms with E-state index < -0.39 is 6.09 Å². The first-order chi connectivity index (χ1) is 7.77. The fraction of sp³-hybridized carbons (Fsp3) is 0. The predicted octanol–water partition coefficient (Wildman–Crippen LogP) is 2.79. The summed E-state index contributed by atoms with van der Waals surface area (Å²) in [6.07, 6.45) is -0.780. The average molecular weight is 211 g/mol. The summed E-state index contributed by atoms with van der Waals surface area (Å²) in [5.74, 6) is 0.531. The van der Waals surface area contributed by atoms with Crippen molar-refractivity contribution in [3.05, 3.63) is 42.5 Å². The first-order valence-corrected chi connectivity index (χ1v) is 4.97. The van der Waals surface area contributed by atoms with Gasteiger partial charge in [-0.1, -0.05) is 36.4 Å². The molecule has 0 aliphatic heterocycles. The number of fused-ring (bicyclic) bond motifs is 4. The van der Waals surface area contributed by atoms with E-state index in [1.807, 2.05) is 36.4 Å². The van der Waals surface area contributed by atoms with Crippen LogP contribution in [-0.2, 0) is 0 Å². The molecule has 0 atom stereocenters. The van der Waals surface area contributed by atoms with Crippen LogP contribution in [0, 0.1) is 0 Å². The van der Waals surface area contributed by atoms with Crippen LogP contribution < -0.4 is 10.5 Å². The molecule has 1 aliphatic carbocycles. The van der Waals surface area contributed by atoms with Crippen molar-refractivity contribution in [3.8, 4) is 28.0 Å². The molecule has 3 heteroatoms. The molecular weight excluding hydrogens is 202 g/mol. The Morgan fingerprint density at radius 3 is 2.38 bits per heavy atom. The molecule has 3 nitrogen and oxygen atoms in total. The van der Waals surface area contributed by atoms with Crippen molar-refractivity contribution in [2.75, 3.05) is 0 Å². The minimum Gasteiger partial charge on any atom is -0.410 e. The number of rotatable bonds is 1. The summed E-state index contributed by atoms with van der Waals surface area (Å²) >= 11 is 0. The Kier molecular flexibility index (Phi) is 1.74. The molecule has 0 unspecified atom stereocenters. The van der Waals surface area contributed by atoms with Crippen molar-refractivity contribution in [1.82, 2.24) is 0 Å². The van der Waals surface area contributed by atoms with E-state index in [-0.39, 0.29) is 0 Å². The highest BCUT2D eigenvalue weighted by Crippen LogP contribution is 2.51. The third-order valence-electron chi connectivity index (χ3n) is 2.72. The van der Waals surface area contributed by atoms with Crippen molar-refractivity contribution in [1.29, 1.82) is 0 Å². The molecule has 2 aromatic rings. The maximum absolute atomic E-state index is 10.8. The summed E-state index contributed by atoms with van der Waals surface area (Å²) in [5.41, 5.74) is 9.39. The van der Waals surface area contributed by atoms with Gasteiger partial charge in [0.1, 0.15) is 5.75 Å². The molecule has 0 spiro atoms. The first-order valence-electron chi connectivity index (χ1n) is 4.97. The number of hydrogen-bond acceptors (Lipinski definition) is 2. The van der Waals surface area contributed by atoms with Gasteiger partial charge in [-0.3, -0.25) is 0 Å². The minimum absolute atomic E-state index is 0.531. The Morgan fingerprint density at radius 2 is 1.62 bits per heavy atom. The van der Waals surface area contributed by atoms with Gasteiger partial charge in [-0.05, 0) is 22.8 Å². The molecule has 2 N–H and O–H groups in total. The zero-order valence-electron chi connectivity index (χ0n) is 8.44. The van der Waals surface area contributed by atoms with Gasteiger partial charge in [0.15, 0.2) is 0 Å². The molecular formula is C13H9NO2. The fourth-order valence-corrected chi connectivity index (χ4v) is 2.10. The monoisotopic (exact) mass is 211 g/mol. The standard InChI is InChI=1S/C13H9NO2/c14-13(15)16-11-7-3-6-10-8-4-1-2-5-9(8)12(10)11/h1-7H,(H2,14,15). The van der Waals surface area contributed by atoms with Crippen molar-refractivity contribution in [2.45, 2.75) is 0 Å². The molecule has 0 bridgehead atoms. The summed E-state index contributed by atoms with van der Waals surface area (Å²) in [6, 6.07) is 13.6. The highest BCUT2D eigenvalue weighted by molar-refractivity contribution is 6.05. The van der Waals surface area contributed by atoms with Crippen LogP contribution in [0.1, 0.15) is 0 Å². The van der Waals surface area contributed by atoms with E-state index in [9.17, 15) is 4.79 Å². The number of amides is 1. The van der Waals surface area contributed by atoms with Crippen LogP contribution in [0.3, 0.4) is 0 Å². The van der Waals surface area contributed by atoms with Gasteiger partial charge >= 0.3 is 6.09 Å². The zero-order chi connectivity index (χ0) is 11.1. The Balaban J connectivity index is 2.14. The summed E-state index contributed by atoms with van der Waals surface area (Å²) in [5, 5.41) is 0. The van der Waals surface area contributed by atoms with Crippen LogP contribution in [0.4, 0.5) is 4.79 Å². The molecule has 0 radical (unpaired) electrons. The van der Waals surface area contributed by atoms with Gasteiger partial charge in [0, 0.05) is 5.56 Å². The van der Waals surface area contributed by atoms with Gasteiger partial charge in [-0.15, -0.1) is 0 Å². The lowest BCUT2D eigenvalue weighted by Gasteiger charge is -2.25. The maximum atomic E-state index is 10.8. The Morgan fingerprint density at radius 1 is 0.938 bits per heavy atom. The van der Waals surface area contributed by atoms with Gasteiger partial charge in [0.05, 0.1) is 0 Å². The molecule has 0 saturated carbocycles. The fourth-order valence-electron chi connectivity index (χ4n) is 2.10. The third kappa shape index (κ3) is 1.11. The number of benzene rings is 2.